The Morgan fingerprint density at radius 2 is 1.75 bits per heavy atom. The molecule has 0 heterocycles. The monoisotopic (exact) mass is 288 g/mol. The van der Waals surface area contributed by atoms with Crippen LogP contribution < -0.4 is 11.1 Å². The van der Waals surface area contributed by atoms with Gasteiger partial charge in [0.25, 0.3) is 0 Å². The molecule has 0 fully saturated rings. The third kappa shape index (κ3) is 4.85. The summed E-state index contributed by atoms with van der Waals surface area (Å²) in [5.41, 5.74) is 5.30. The molecule has 3 N–H and O–H groups in total. The first-order valence-corrected chi connectivity index (χ1v) is 6.39. The van der Waals surface area contributed by atoms with Gasteiger partial charge >= 0.3 is 0 Å². The maximum absolute atomic E-state index is 13.0. The first-order valence-electron chi connectivity index (χ1n) is 6.39. The molecular formula is C14H19F3N2O. The number of anilines is 1. The highest BCUT2D eigenvalue weighted by molar-refractivity contribution is 5.90. The Bertz CT molecular complexity index is 466. The maximum atomic E-state index is 13.0. The SMILES string of the molecule is CC(C)(CCN)CCC(=O)Nc1cc(F)c(F)c(F)c1. The molecule has 112 valence electrons. The number of nitrogens with one attached hydrogen (secondary N) is 1. The van der Waals surface area contributed by atoms with E-state index in [4.69, 9.17) is 5.73 Å². The quantitative estimate of drug-likeness (QED) is 0.790. The van der Waals surface area contributed by atoms with Gasteiger partial charge < -0.3 is 11.1 Å². The minimum absolute atomic E-state index is 0.0780. The molecule has 0 aliphatic heterocycles. The van der Waals surface area contributed by atoms with Crippen molar-refractivity contribution in [3.63, 3.8) is 0 Å². The largest absolute Gasteiger partial charge is 0.330 e. The molecule has 0 unspecified atom stereocenters. The topological polar surface area (TPSA) is 55.1 Å². The lowest BCUT2D eigenvalue weighted by Gasteiger charge is -2.23. The van der Waals surface area contributed by atoms with Gasteiger partial charge in [0.05, 0.1) is 0 Å². The Kier molecular flexibility index (Phi) is 5.56. The van der Waals surface area contributed by atoms with Crippen molar-refractivity contribution >= 4 is 11.6 Å². The first-order chi connectivity index (χ1) is 9.25. The molecule has 0 radical (unpaired) electrons. The van der Waals surface area contributed by atoms with Crippen LogP contribution in [0.4, 0.5) is 18.9 Å². The van der Waals surface area contributed by atoms with Crippen molar-refractivity contribution in [2.24, 2.45) is 11.1 Å². The summed E-state index contributed by atoms with van der Waals surface area (Å²) < 4.78 is 38.7. The Balaban J connectivity index is 2.59. The van der Waals surface area contributed by atoms with E-state index in [-0.39, 0.29) is 23.4 Å². The van der Waals surface area contributed by atoms with Gasteiger partial charge in [0, 0.05) is 24.2 Å². The van der Waals surface area contributed by atoms with Crippen LogP contribution in [0.3, 0.4) is 0 Å². The number of rotatable bonds is 6. The van der Waals surface area contributed by atoms with Gasteiger partial charge in [-0.05, 0) is 24.8 Å². The average Bonchev–Trinajstić information content (AvgIpc) is 2.33. The molecule has 0 atom stereocenters. The predicted octanol–water partition coefficient (Wildman–Crippen LogP) is 3.20. The summed E-state index contributed by atoms with van der Waals surface area (Å²) in [7, 11) is 0. The molecule has 0 aliphatic carbocycles. The number of hydrogen-bond donors (Lipinski definition) is 2. The number of carbonyl (C=O) groups excluding carboxylic acids is 1. The molecule has 0 saturated carbocycles. The molecule has 0 bridgehead atoms. The maximum Gasteiger partial charge on any atom is 0.224 e. The second-order valence-corrected chi connectivity index (χ2v) is 5.50. The van der Waals surface area contributed by atoms with E-state index in [9.17, 15) is 18.0 Å². The van der Waals surface area contributed by atoms with E-state index in [0.717, 1.165) is 18.6 Å². The predicted molar refractivity (Wildman–Crippen MR) is 71.6 cm³/mol. The van der Waals surface area contributed by atoms with Crippen molar-refractivity contribution in [3.05, 3.63) is 29.6 Å². The average molecular weight is 288 g/mol. The third-order valence-electron chi connectivity index (χ3n) is 3.12. The number of amides is 1. The van der Waals surface area contributed by atoms with E-state index in [2.05, 4.69) is 5.32 Å². The molecule has 1 rings (SSSR count). The lowest BCUT2D eigenvalue weighted by atomic mass is 9.84. The molecule has 1 amide bonds. The van der Waals surface area contributed by atoms with Gasteiger partial charge in [-0.15, -0.1) is 0 Å². The standard InChI is InChI=1S/C14H19F3N2O/c1-14(2,5-6-18)4-3-12(20)19-9-7-10(15)13(17)11(16)8-9/h7-8H,3-6,18H2,1-2H3,(H,19,20). The van der Waals surface area contributed by atoms with Crippen LogP contribution in [0.25, 0.3) is 0 Å². The highest BCUT2D eigenvalue weighted by atomic mass is 19.2. The number of nitrogens with two attached hydrogens (primary N) is 1. The minimum atomic E-state index is -1.55. The first kappa shape index (κ1) is 16.5. The molecule has 6 heteroatoms. The normalized spacial score (nSPS) is 11.5. The highest BCUT2D eigenvalue weighted by Crippen LogP contribution is 2.26. The fraction of sp³-hybridized carbons (Fsp3) is 0.500. The summed E-state index contributed by atoms with van der Waals surface area (Å²) in [6.45, 7) is 4.51. The van der Waals surface area contributed by atoms with Crippen molar-refractivity contribution in [1.29, 1.82) is 0 Å². The van der Waals surface area contributed by atoms with E-state index in [1.54, 1.807) is 0 Å². The molecule has 3 nitrogen and oxygen atoms in total. The van der Waals surface area contributed by atoms with Crippen molar-refractivity contribution < 1.29 is 18.0 Å². The number of hydrogen-bond acceptors (Lipinski definition) is 2. The van der Waals surface area contributed by atoms with Crippen LogP contribution >= 0.6 is 0 Å². The van der Waals surface area contributed by atoms with E-state index >= 15 is 0 Å². The third-order valence-corrected chi connectivity index (χ3v) is 3.12. The van der Waals surface area contributed by atoms with Crippen LogP contribution in [0.1, 0.15) is 33.1 Å². The Morgan fingerprint density at radius 3 is 2.25 bits per heavy atom. The Hall–Kier alpha value is -1.56. The van der Waals surface area contributed by atoms with Crippen molar-refractivity contribution in [2.75, 3.05) is 11.9 Å². The van der Waals surface area contributed by atoms with Crippen molar-refractivity contribution in [3.8, 4) is 0 Å². The molecule has 0 aromatic heterocycles. The lowest BCUT2D eigenvalue weighted by Crippen LogP contribution is -2.20. The van der Waals surface area contributed by atoms with Crippen LogP contribution in [0, 0.1) is 22.9 Å². The molecule has 1 aromatic carbocycles. The second kappa shape index (κ2) is 6.74. The van der Waals surface area contributed by atoms with Gasteiger partial charge in [0.15, 0.2) is 17.5 Å². The number of carbonyl (C=O) groups is 1. The van der Waals surface area contributed by atoms with Crippen molar-refractivity contribution in [2.45, 2.75) is 33.1 Å². The Morgan fingerprint density at radius 1 is 1.20 bits per heavy atom. The summed E-state index contributed by atoms with van der Waals surface area (Å²) in [6.07, 6.45) is 1.58. The fourth-order valence-corrected chi connectivity index (χ4v) is 1.82. The molecular weight excluding hydrogens is 269 g/mol. The Labute approximate surface area is 116 Å². The summed E-state index contributed by atoms with van der Waals surface area (Å²) in [4.78, 5) is 11.7. The van der Waals surface area contributed by atoms with Gasteiger partial charge in [-0.25, -0.2) is 13.2 Å². The smallest absolute Gasteiger partial charge is 0.224 e. The minimum Gasteiger partial charge on any atom is -0.330 e. The van der Waals surface area contributed by atoms with E-state index in [1.165, 1.54) is 0 Å². The zero-order chi connectivity index (χ0) is 15.3. The van der Waals surface area contributed by atoms with Crippen LogP contribution in [-0.4, -0.2) is 12.5 Å². The molecule has 1 aromatic rings. The van der Waals surface area contributed by atoms with Gasteiger partial charge in [-0.1, -0.05) is 13.8 Å². The lowest BCUT2D eigenvalue weighted by molar-refractivity contribution is -0.116. The number of benzene rings is 1. The highest BCUT2D eigenvalue weighted by Gasteiger charge is 2.19. The fourth-order valence-electron chi connectivity index (χ4n) is 1.82. The van der Waals surface area contributed by atoms with Gasteiger partial charge in [-0.2, -0.15) is 0 Å². The van der Waals surface area contributed by atoms with Gasteiger partial charge in [-0.3, -0.25) is 4.79 Å². The molecule has 0 aliphatic rings. The zero-order valence-corrected chi connectivity index (χ0v) is 11.6. The summed E-state index contributed by atoms with van der Waals surface area (Å²) in [6, 6.07) is 1.50. The van der Waals surface area contributed by atoms with Crippen LogP contribution in [0.15, 0.2) is 12.1 Å². The van der Waals surface area contributed by atoms with Crippen LogP contribution in [0.5, 0.6) is 0 Å². The van der Waals surface area contributed by atoms with E-state index < -0.39 is 17.5 Å². The van der Waals surface area contributed by atoms with Crippen molar-refractivity contribution in [1.82, 2.24) is 0 Å². The second-order valence-electron chi connectivity index (χ2n) is 5.50. The summed E-state index contributed by atoms with van der Waals surface area (Å²) >= 11 is 0. The molecule has 0 saturated heterocycles. The summed E-state index contributed by atoms with van der Waals surface area (Å²) in [5.74, 6) is -4.58. The van der Waals surface area contributed by atoms with E-state index in [1.807, 2.05) is 13.8 Å². The van der Waals surface area contributed by atoms with Gasteiger partial charge in [0.1, 0.15) is 0 Å². The van der Waals surface area contributed by atoms with Crippen LogP contribution in [0.2, 0.25) is 0 Å². The van der Waals surface area contributed by atoms with Gasteiger partial charge in [0.2, 0.25) is 5.91 Å². The van der Waals surface area contributed by atoms with E-state index in [0.29, 0.717) is 13.0 Å². The zero-order valence-electron chi connectivity index (χ0n) is 11.6. The molecule has 0 spiro atoms. The molecule has 20 heavy (non-hydrogen) atoms. The number of halogens is 3. The van der Waals surface area contributed by atoms with Crippen LogP contribution in [-0.2, 0) is 4.79 Å². The summed E-state index contributed by atoms with van der Waals surface area (Å²) in [5, 5.41) is 2.35.